The minimum absolute atomic E-state index is 0.0254. The lowest BCUT2D eigenvalue weighted by atomic mass is 9.97. The minimum atomic E-state index is -0.0254. The van der Waals surface area contributed by atoms with E-state index in [0.717, 1.165) is 66.3 Å². The van der Waals surface area contributed by atoms with Crippen molar-refractivity contribution < 1.29 is 5.11 Å². The predicted molar refractivity (Wildman–Crippen MR) is 97.0 cm³/mol. The lowest BCUT2D eigenvalue weighted by molar-refractivity contribution is 0.281. The van der Waals surface area contributed by atoms with Crippen molar-refractivity contribution in [2.45, 2.75) is 19.4 Å². The van der Waals surface area contributed by atoms with Crippen LogP contribution in [0.4, 0.5) is 5.82 Å². The monoisotopic (exact) mass is 338 g/mol. The van der Waals surface area contributed by atoms with Gasteiger partial charge >= 0.3 is 0 Å². The third-order valence-corrected chi connectivity index (χ3v) is 4.91. The van der Waals surface area contributed by atoms with Crippen molar-refractivity contribution in [2.75, 3.05) is 24.5 Å². The number of rotatable bonds is 4. The molecule has 1 aliphatic rings. The second-order valence-corrected chi connectivity index (χ2v) is 6.51. The summed E-state index contributed by atoms with van der Waals surface area (Å²) in [6.45, 7) is 2.59. The van der Waals surface area contributed by atoms with Gasteiger partial charge in [-0.05, 0) is 55.1 Å². The van der Waals surface area contributed by atoms with Crippen LogP contribution >= 0.6 is 0 Å². The first kappa shape index (κ1) is 16.0. The molecule has 0 radical (unpaired) electrons. The van der Waals surface area contributed by atoms with Gasteiger partial charge in [0.2, 0.25) is 0 Å². The minimum Gasteiger partial charge on any atom is -0.392 e. The standard InChI is InChI=1S/C18H22N6O/c19-10-12-3-6-24(7-4-12)16-9-13(11-25)8-15(21-16)17-14-2-1-5-20-18(14)23-22-17/h1-2,5,8-9,12,25H,3-4,6-7,10-11,19H2,(H,20,22,23). The van der Waals surface area contributed by atoms with Crippen LogP contribution in [0.5, 0.6) is 0 Å². The molecule has 7 heteroatoms. The smallest absolute Gasteiger partial charge is 0.155 e. The Hall–Kier alpha value is -2.51. The Balaban J connectivity index is 1.72. The van der Waals surface area contributed by atoms with Gasteiger partial charge in [-0.25, -0.2) is 9.97 Å². The van der Waals surface area contributed by atoms with Crippen molar-refractivity contribution in [3.05, 3.63) is 36.0 Å². The number of nitrogens with zero attached hydrogens (tertiary/aromatic N) is 4. The number of pyridine rings is 2. The van der Waals surface area contributed by atoms with Crippen LogP contribution < -0.4 is 10.6 Å². The van der Waals surface area contributed by atoms with Crippen LogP contribution in [0.2, 0.25) is 0 Å². The van der Waals surface area contributed by atoms with E-state index in [9.17, 15) is 5.11 Å². The number of fused-ring (bicyclic) bond motifs is 1. The fourth-order valence-electron chi connectivity index (χ4n) is 3.39. The van der Waals surface area contributed by atoms with Crippen molar-refractivity contribution in [1.82, 2.24) is 20.2 Å². The van der Waals surface area contributed by atoms with Gasteiger partial charge in [-0.3, -0.25) is 5.10 Å². The van der Waals surface area contributed by atoms with E-state index in [1.54, 1.807) is 6.20 Å². The Morgan fingerprint density at radius 3 is 2.88 bits per heavy atom. The topological polar surface area (TPSA) is 104 Å². The summed E-state index contributed by atoms with van der Waals surface area (Å²) in [5.74, 6) is 1.48. The van der Waals surface area contributed by atoms with Gasteiger partial charge in [-0.1, -0.05) is 0 Å². The van der Waals surface area contributed by atoms with Gasteiger partial charge in [0.05, 0.1) is 12.3 Å². The highest BCUT2D eigenvalue weighted by Gasteiger charge is 2.21. The first-order valence-corrected chi connectivity index (χ1v) is 8.65. The Kier molecular flexibility index (Phi) is 4.33. The van der Waals surface area contributed by atoms with Gasteiger partial charge in [0.15, 0.2) is 5.65 Å². The van der Waals surface area contributed by atoms with E-state index in [1.165, 1.54) is 0 Å². The number of anilines is 1. The van der Waals surface area contributed by atoms with Crippen LogP contribution in [-0.4, -0.2) is 44.9 Å². The lowest BCUT2D eigenvalue weighted by Crippen LogP contribution is -2.36. The number of aliphatic hydroxyl groups is 1. The molecular weight excluding hydrogens is 316 g/mol. The second-order valence-electron chi connectivity index (χ2n) is 6.51. The van der Waals surface area contributed by atoms with E-state index < -0.39 is 0 Å². The zero-order valence-corrected chi connectivity index (χ0v) is 14.0. The average Bonchev–Trinajstić information content (AvgIpc) is 3.12. The highest BCUT2D eigenvalue weighted by atomic mass is 16.3. The Morgan fingerprint density at radius 2 is 2.12 bits per heavy atom. The van der Waals surface area contributed by atoms with Crippen molar-refractivity contribution in [3.63, 3.8) is 0 Å². The summed E-state index contributed by atoms with van der Waals surface area (Å²) < 4.78 is 0. The van der Waals surface area contributed by atoms with Gasteiger partial charge in [-0.15, -0.1) is 0 Å². The van der Waals surface area contributed by atoms with E-state index >= 15 is 0 Å². The van der Waals surface area contributed by atoms with Crippen LogP contribution in [0.25, 0.3) is 22.4 Å². The molecule has 3 aromatic heterocycles. The molecule has 0 atom stereocenters. The van der Waals surface area contributed by atoms with Gasteiger partial charge < -0.3 is 15.7 Å². The molecule has 0 saturated carbocycles. The molecule has 4 heterocycles. The number of hydrogen-bond acceptors (Lipinski definition) is 6. The molecule has 0 amide bonds. The molecule has 1 fully saturated rings. The first-order valence-electron chi connectivity index (χ1n) is 8.65. The van der Waals surface area contributed by atoms with Crippen molar-refractivity contribution >= 4 is 16.9 Å². The van der Waals surface area contributed by atoms with Gasteiger partial charge in [0.1, 0.15) is 11.5 Å². The number of aromatic nitrogens is 4. The summed E-state index contributed by atoms with van der Waals surface area (Å²) in [5.41, 5.74) is 8.87. The zero-order valence-electron chi connectivity index (χ0n) is 14.0. The van der Waals surface area contributed by atoms with Gasteiger partial charge in [-0.2, -0.15) is 5.10 Å². The molecule has 130 valence electrons. The second kappa shape index (κ2) is 6.78. The largest absolute Gasteiger partial charge is 0.392 e. The van der Waals surface area contributed by atoms with Crippen LogP contribution in [0.15, 0.2) is 30.5 Å². The van der Waals surface area contributed by atoms with Crippen LogP contribution in [0.1, 0.15) is 18.4 Å². The third kappa shape index (κ3) is 3.08. The zero-order chi connectivity index (χ0) is 17.2. The molecule has 0 aromatic carbocycles. The number of aliphatic hydroxyl groups excluding tert-OH is 1. The van der Waals surface area contributed by atoms with E-state index in [4.69, 9.17) is 10.7 Å². The maximum atomic E-state index is 9.67. The number of H-pyrrole nitrogens is 1. The van der Waals surface area contributed by atoms with Crippen LogP contribution in [0.3, 0.4) is 0 Å². The molecule has 0 spiro atoms. The third-order valence-electron chi connectivity index (χ3n) is 4.91. The summed E-state index contributed by atoms with van der Waals surface area (Å²) >= 11 is 0. The van der Waals surface area contributed by atoms with E-state index in [-0.39, 0.29) is 6.61 Å². The number of piperidine rings is 1. The summed E-state index contributed by atoms with van der Waals surface area (Å²) in [6, 6.07) is 7.70. The summed E-state index contributed by atoms with van der Waals surface area (Å²) in [7, 11) is 0. The molecule has 1 saturated heterocycles. The average molecular weight is 338 g/mol. The SMILES string of the molecule is NCC1CCN(c2cc(CO)cc(-c3n[nH]c4ncccc34)n2)CC1. The maximum Gasteiger partial charge on any atom is 0.155 e. The quantitative estimate of drug-likeness (QED) is 0.669. The normalized spacial score (nSPS) is 15.8. The first-order chi connectivity index (χ1) is 12.3. The fraction of sp³-hybridized carbons (Fsp3) is 0.389. The van der Waals surface area contributed by atoms with E-state index in [0.29, 0.717) is 5.92 Å². The summed E-state index contributed by atoms with van der Waals surface area (Å²) in [4.78, 5) is 11.4. The molecule has 4 rings (SSSR count). The fourth-order valence-corrected chi connectivity index (χ4v) is 3.39. The molecule has 0 aliphatic carbocycles. The maximum absolute atomic E-state index is 9.67. The van der Waals surface area contributed by atoms with Crippen LogP contribution in [-0.2, 0) is 6.61 Å². The van der Waals surface area contributed by atoms with Gasteiger partial charge in [0, 0.05) is 24.7 Å². The van der Waals surface area contributed by atoms with E-state index in [2.05, 4.69) is 20.1 Å². The van der Waals surface area contributed by atoms with Crippen molar-refractivity contribution in [3.8, 4) is 11.4 Å². The molecule has 4 N–H and O–H groups in total. The molecule has 3 aromatic rings. The Morgan fingerprint density at radius 1 is 1.28 bits per heavy atom. The Labute approximate surface area is 145 Å². The van der Waals surface area contributed by atoms with Crippen molar-refractivity contribution in [2.24, 2.45) is 11.7 Å². The van der Waals surface area contributed by atoms with Crippen molar-refractivity contribution in [1.29, 1.82) is 0 Å². The number of aromatic amines is 1. The molecule has 0 bridgehead atoms. The summed E-state index contributed by atoms with van der Waals surface area (Å²) in [6.07, 6.45) is 3.88. The molecule has 25 heavy (non-hydrogen) atoms. The molecule has 7 nitrogen and oxygen atoms in total. The number of hydrogen-bond donors (Lipinski definition) is 3. The highest BCUT2D eigenvalue weighted by molar-refractivity contribution is 5.89. The number of nitrogens with two attached hydrogens (primary N) is 1. The lowest BCUT2D eigenvalue weighted by Gasteiger charge is -2.32. The van der Waals surface area contributed by atoms with E-state index in [1.807, 2.05) is 24.3 Å². The molecule has 0 unspecified atom stereocenters. The van der Waals surface area contributed by atoms with Gasteiger partial charge in [0.25, 0.3) is 0 Å². The summed E-state index contributed by atoms with van der Waals surface area (Å²) in [5, 5.41) is 17.9. The predicted octanol–water partition coefficient (Wildman–Crippen LogP) is 1.69. The van der Waals surface area contributed by atoms with Crippen LogP contribution in [0, 0.1) is 5.92 Å². The molecular formula is C18H22N6O. The Bertz CT molecular complexity index is 869. The highest BCUT2D eigenvalue weighted by Crippen LogP contribution is 2.28. The number of nitrogens with one attached hydrogen (secondary N) is 1. The molecule has 1 aliphatic heterocycles.